The minimum absolute atomic E-state index is 0.0705. The Morgan fingerprint density at radius 1 is 1.47 bits per heavy atom. The molecule has 2 heterocycles. The summed E-state index contributed by atoms with van der Waals surface area (Å²) in [4.78, 5) is 9.50. The van der Waals surface area contributed by atoms with Crippen molar-refractivity contribution in [2.24, 2.45) is 0 Å². The minimum atomic E-state index is 0.0705. The molecule has 0 amide bonds. The molecule has 4 heteroatoms. The molecule has 2 rings (SSSR count). The number of hydrogen-bond donors (Lipinski definition) is 1. The van der Waals surface area contributed by atoms with Gasteiger partial charge in [0.25, 0.3) is 0 Å². The van der Waals surface area contributed by atoms with Crippen LogP contribution in [-0.4, -0.2) is 15.1 Å². The first-order chi connectivity index (χ1) is 7.35. The van der Waals surface area contributed by atoms with E-state index in [0.29, 0.717) is 0 Å². The van der Waals surface area contributed by atoms with Crippen molar-refractivity contribution < 1.29 is 5.11 Å². The molecule has 15 heavy (non-hydrogen) atoms. The van der Waals surface area contributed by atoms with Gasteiger partial charge in [0.2, 0.25) is 0 Å². The van der Waals surface area contributed by atoms with E-state index in [9.17, 15) is 0 Å². The zero-order valence-corrected chi connectivity index (χ0v) is 9.29. The number of pyridine rings is 1. The quantitative estimate of drug-likeness (QED) is 0.863. The molecule has 0 saturated heterocycles. The van der Waals surface area contributed by atoms with Crippen LogP contribution in [0.5, 0.6) is 0 Å². The highest BCUT2D eigenvalue weighted by molar-refractivity contribution is 7.15. The van der Waals surface area contributed by atoms with Crippen molar-refractivity contribution in [3.63, 3.8) is 0 Å². The Labute approximate surface area is 92.5 Å². The summed E-state index contributed by atoms with van der Waals surface area (Å²) in [6.45, 7) is 2.11. The zero-order valence-electron chi connectivity index (χ0n) is 8.47. The van der Waals surface area contributed by atoms with Crippen LogP contribution >= 0.6 is 11.3 Å². The van der Waals surface area contributed by atoms with Gasteiger partial charge < -0.3 is 5.11 Å². The van der Waals surface area contributed by atoms with E-state index < -0.39 is 0 Å². The van der Waals surface area contributed by atoms with E-state index in [0.717, 1.165) is 27.6 Å². The van der Waals surface area contributed by atoms with E-state index >= 15 is 0 Å². The molecule has 0 aliphatic heterocycles. The van der Waals surface area contributed by atoms with Crippen LogP contribution in [0.2, 0.25) is 0 Å². The van der Waals surface area contributed by atoms with Crippen LogP contribution in [0, 0.1) is 0 Å². The Morgan fingerprint density at radius 3 is 2.87 bits per heavy atom. The van der Waals surface area contributed by atoms with Crippen molar-refractivity contribution in [3.8, 4) is 10.6 Å². The summed E-state index contributed by atoms with van der Waals surface area (Å²) < 4.78 is 0. The maximum absolute atomic E-state index is 9.16. The Morgan fingerprint density at radius 2 is 2.33 bits per heavy atom. The summed E-state index contributed by atoms with van der Waals surface area (Å²) in [5, 5.41) is 10.1. The topological polar surface area (TPSA) is 46.0 Å². The lowest BCUT2D eigenvalue weighted by Crippen LogP contribution is -1.87. The fraction of sp³-hybridized carbons (Fsp3) is 0.273. The highest BCUT2D eigenvalue weighted by Crippen LogP contribution is 2.27. The lowest BCUT2D eigenvalue weighted by Gasteiger charge is -1.92. The van der Waals surface area contributed by atoms with E-state index in [2.05, 4.69) is 9.97 Å². The van der Waals surface area contributed by atoms with Crippen LogP contribution in [0.1, 0.15) is 17.5 Å². The molecule has 0 bridgehead atoms. The lowest BCUT2D eigenvalue weighted by atomic mass is 10.3. The summed E-state index contributed by atoms with van der Waals surface area (Å²) >= 11 is 1.54. The van der Waals surface area contributed by atoms with Gasteiger partial charge in [0.05, 0.1) is 17.2 Å². The molecule has 2 aromatic heterocycles. The number of aliphatic hydroxyl groups is 1. The molecular formula is C11H12N2OS. The second-order valence-electron chi connectivity index (χ2n) is 3.14. The summed E-state index contributed by atoms with van der Waals surface area (Å²) in [5.41, 5.74) is 2.00. The number of thiazole rings is 1. The van der Waals surface area contributed by atoms with E-state index in [1.54, 1.807) is 12.4 Å². The van der Waals surface area contributed by atoms with Crippen LogP contribution in [0.4, 0.5) is 0 Å². The Bertz CT molecular complexity index is 418. The van der Waals surface area contributed by atoms with Crippen LogP contribution < -0.4 is 0 Å². The van der Waals surface area contributed by atoms with E-state index in [-0.39, 0.29) is 6.61 Å². The fourth-order valence-electron chi connectivity index (χ4n) is 1.40. The fourth-order valence-corrected chi connectivity index (χ4v) is 2.40. The van der Waals surface area contributed by atoms with Crippen molar-refractivity contribution in [1.82, 2.24) is 9.97 Å². The number of aromatic nitrogens is 2. The molecule has 0 aliphatic rings. The molecule has 0 saturated carbocycles. The van der Waals surface area contributed by atoms with Crippen molar-refractivity contribution >= 4 is 11.3 Å². The van der Waals surface area contributed by atoms with Crippen molar-refractivity contribution in [1.29, 1.82) is 0 Å². The van der Waals surface area contributed by atoms with E-state index in [4.69, 9.17) is 5.11 Å². The van der Waals surface area contributed by atoms with Crippen LogP contribution in [0.25, 0.3) is 10.6 Å². The highest BCUT2D eigenvalue weighted by atomic mass is 32.1. The first-order valence-corrected chi connectivity index (χ1v) is 5.66. The van der Waals surface area contributed by atoms with Gasteiger partial charge in [0, 0.05) is 18.0 Å². The second kappa shape index (κ2) is 4.51. The maximum Gasteiger partial charge on any atom is 0.125 e. The summed E-state index contributed by atoms with van der Waals surface area (Å²) in [7, 11) is 0. The molecule has 0 spiro atoms. The number of aryl methyl sites for hydroxylation is 1. The van der Waals surface area contributed by atoms with Crippen molar-refractivity contribution in [3.05, 3.63) is 35.1 Å². The molecule has 0 atom stereocenters. The summed E-state index contributed by atoms with van der Waals surface area (Å²) in [6.07, 6.45) is 4.39. The third-order valence-corrected chi connectivity index (χ3v) is 3.30. The largest absolute Gasteiger partial charge is 0.391 e. The van der Waals surface area contributed by atoms with Crippen LogP contribution in [0.3, 0.4) is 0 Å². The Kier molecular flexibility index (Phi) is 3.08. The molecule has 0 fully saturated rings. The predicted octanol–water partition coefficient (Wildman–Crippen LogP) is 2.26. The standard InChI is InChI=1S/C11H12N2OS/c1-2-9-10(7-14)15-11(13-9)8-4-3-5-12-6-8/h3-6,14H,2,7H2,1H3. The molecular weight excluding hydrogens is 208 g/mol. The third kappa shape index (κ3) is 2.06. The minimum Gasteiger partial charge on any atom is -0.391 e. The zero-order chi connectivity index (χ0) is 10.7. The van der Waals surface area contributed by atoms with Gasteiger partial charge >= 0.3 is 0 Å². The molecule has 0 radical (unpaired) electrons. The van der Waals surface area contributed by atoms with Crippen molar-refractivity contribution in [2.45, 2.75) is 20.0 Å². The van der Waals surface area contributed by atoms with E-state index in [1.165, 1.54) is 11.3 Å². The molecule has 0 aliphatic carbocycles. The SMILES string of the molecule is CCc1nc(-c2cccnc2)sc1CO. The van der Waals surface area contributed by atoms with Gasteiger partial charge in [-0.2, -0.15) is 0 Å². The molecule has 3 nitrogen and oxygen atoms in total. The smallest absolute Gasteiger partial charge is 0.125 e. The molecule has 2 aromatic rings. The van der Waals surface area contributed by atoms with Crippen LogP contribution in [-0.2, 0) is 13.0 Å². The lowest BCUT2D eigenvalue weighted by molar-refractivity contribution is 0.284. The van der Waals surface area contributed by atoms with Gasteiger partial charge in [0.15, 0.2) is 0 Å². The van der Waals surface area contributed by atoms with Gasteiger partial charge in [-0.05, 0) is 18.6 Å². The predicted molar refractivity (Wildman–Crippen MR) is 60.6 cm³/mol. The van der Waals surface area contributed by atoms with Gasteiger partial charge in [-0.25, -0.2) is 4.98 Å². The first-order valence-electron chi connectivity index (χ1n) is 4.85. The Hall–Kier alpha value is -1.26. The molecule has 1 N–H and O–H groups in total. The number of aliphatic hydroxyl groups excluding tert-OH is 1. The first kappa shape index (κ1) is 10.3. The maximum atomic E-state index is 9.16. The highest BCUT2D eigenvalue weighted by Gasteiger charge is 2.09. The summed E-state index contributed by atoms with van der Waals surface area (Å²) in [5.74, 6) is 0. The van der Waals surface area contributed by atoms with E-state index in [1.807, 2.05) is 19.1 Å². The Balaban J connectivity index is 2.42. The van der Waals surface area contributed by atoms with Gasteiger partial charge in [-0.3, -0.25) is 4.98 Å². The second-order valence-corrected chi connectivity index (χ2v) is 4.23. The van der Waals surface area contributed by atoms with Crippen molar-refractivity contribution in [2.75, 3.05) is 0 Å². The van der Waals surface area contributed by atoms with Gasteiger partial charge in [0.1, 0.15) is 5.01 Å². The average molecular weight is 220 g/mol. The van der Waals surface area contributed by atoms with Gasteiger partial charge in [-0.1, -0.05) is 6.92 Å². The number of nitrogens with zero attached hydrogens (tertiary/aromatic N) is 2. The van der Waals surface area contributed by atoms with Crippen LogP contribution in [0.15, 0.2) is 24.5 Å². The number of hydrogen-bond acceptors (Lipinski definition) is 4. The summed E-state index contributed by atoms with van der Waals surface area (Å²) in [6, 6.07) is 3.87. The normalized spacial score (nSPS) is 10.5. The third-order valence-electron chi connectivity index (χ3n) is 2.17. The molecule has 0 aromatic carbocycles. The number of rotatable bonds is 3. The average Bonchev–Trinajstić information content (AvgIpc) is 2.73. The van der Waals surface area contributed by atoms with Gasteiger partial charge in [-0.15, -0.1) is 11.3 Å². The monoisotopic (exact) mass is 220 g/mol. The molecule has 0 unspecified atom stereocenters. The molecule has 78 valence electrons.